The predicted octanol–water partition coefficient (Wildman–Crippen LogP) is 3.53. The molecule has 2 unspecified atom stereocenters. The Morgan fingerprint density at radius 2 is 1.95 bits per heavy atom. The lowest BCUT2D eigenvalue weighted by Crippen LogP contribution is -2.33. The second kappa shape index (κ2) is 6.40. The molecule has 0 aromatic heterocycles. The van der Waals surface area contributed by atoms with E-state index in [0.29, 0.717) is 12.1 Å². The molecule has 2 N–H and O–H groups in total. The summed E-state index contributed by atoms with van der Waals surface area (Å²) in [5.41, 5.74) is 2.59. The smallest absolute Gasteiger partial charge is 0.0477 e. The molecule has 0 saturated carbocycles. The van der Waals surface area contributed by atoms with Crippen molar-refractivity contribution in [1.29, 1.82) is 0 Å². The zero-order valence-electron chi connectivity index (χ0n) is 11.4. The van der Waals surface area contributed by atoms with Gasteiger partial charge in [0.15, 0.2) is 0 Å². The average Bonchev–Trinajstić information content (AvgIpc) is 2.95. The molecular formula is C17H19ClN2. The van der Waals surface area contributed by atoms with Crippen LogP contribution in [-0.2, 0) is 6.54 Å². The van der Waals surface area contributed by atoms with Crippen molar-refractivity contribution >= 4 is 11.6 Å². The van der Waals surface area contributed by atoms with Crippen LogP contribution in [0, 0.1) is 0 Å². The van der Waals surface area contributed by atoms with E-state index < -0.39 is 0 Å². The van der Waals surface area contributed by atoms with Gasteiger partial charge in [-0.1, -0.05) is 54.1 Å². The van der Waals surface area contributed by atoms with Gasteiger partial charge in [-0.2, -0.15) is 0 Å². The molecule has 0 radical (unpaired) electrons. The van der Waals surface area contributed by atoms with Crippen LogP contribution in [0.25, 0.3) is 0 Å². The molecular weight excluding hydrogens is 268 g/mol. The summed E-state index contributed by atoms with van der Waals surface area (Å²) in [4.78, 5) is 0. The van der Waals surface area contributed by atoms with Gasteiger partial charge in [0.1, 0.15) is 0 Å². The number of hydrogen-bond acceptors (Lipinski definition) is 2. The molecule has 2 nitrogen and oxygen atoms in total. The fraction of sp³-hybridized carbons (Fsp3) is 0.294. The van der Waals surface area contributed by atoms with Crippen LogP contribution < -0.4 is 10.6 Å². The van der Waals surface area contributed by atoms with Gasteiger partial charge in [0.2, 0.25) is 0 Å². The van der Waals surface area contributed by atoms with Gasteiger partial charge in [-0.15, -0.1) is 0 Å². The normalized spacial score (nSPS) is 22.1. The fourth-order valence-corrected chi connectivity index (χ4v) is 3.02. The van der Waals surface area contributed by atoms with Crippen LogP contribution in [-0.4, -0.2) is 12.6 Å². The van der Waals surface area contributed by atoms with Crippen LogP contribution in [0.3, 0.4) is 0 Å². The van der Waals surface area contributed by atoms with E-state index in [1.165, 1.54) is 11.1 Å². The van der Waals surface area contributed by atoms with Crippen molar-refractivity contribution in [1.82, 2.24) is 10.6 Å². The Balaban J connectivity index is 1.67. The van der Waals surface area contributed by atoms with E-state index >= 15 is 0 Å². The maximum absolute atomic E-state index is 6.10. The summed E-state index contributed by atoms with van der Waals surface area (Å²) in [6.07, 6.45) is 1.14. The second-order valence-corrected chi connectivity index (χ2v) is 5.68. The molecule has 1 fully saturated rings. The molecule has 1 aliphatic rings. The molecule has 0 amide bonds. The molecule has 1 aliphatic heterocycles. The monoisotopic (exact) mass is 286 g/mol. The minimum absolute atomic E-state index is 0.345. The molecule has 3 rings (SSSR count). The van der Waals surface area contributed by atoms with Gasteiger partial charge >= 0.3 is 0 Å². The summed E-state index contributed by atoms with van der Waals surface area (Å²) in [5.74, 6) is 0. The van der Waals surface area contributed by atoms with E-state index in [2.05, 4.69) is 53.1 Å². The Kier molecular flexibility index (Phi) is 4.36. The minimum atomic E-state index is 0.345. The summed E-state index contributed by atoms with van der Waals surface area (Å²) in [5, 5.41) is 8.03. The molecule has 20 heavy (non-hydrogen) atoms. The van der Waals surface area contributed by atoms with Crippen molar-refractivity contribution in [3.63, 3.8) is 0 Å². The summed E-state index contributed by atoms with van der Waals surface area (Å²) in [6.45, 7) is 1.95. The average molecular weight is 287 g/mol. The lowest BCUT2D eigenvalue weighted by molar-refractivity contribution is 0.461. The lowest BCUT2D eigenvalue weighted by Gasteiger charge is -2.21. The summed E-state index contributed by atoms with van der Waals surface area (Å²) in [7, 11) is 0. The van der Waals surface area contributed by atoms with E-state index in [0.717, 1.165) is 24.5 Å². The van der Waals surface area contributed by atoms with Crippen molar-refractivity contribution < 1.29 is 0 Å². The van der Waals surface area contributed by atoms with Crippen LogP contribution in [0.15, 0.2) is 54.6 Å². The largest absolute Gasteiger partial charge is 0.309 e. The standard InChI is InChI=1S/C17H19ClN2/c18-15-8-4-7-14(11-15)17-16(9-10-19-17)20-12-13-5-2-1-3-6-13/h1-8,11,16-17,19-20H,9-10,12H2. The Bertz CT molecular complexity index is 556. The third kappa shape index (κ3) is 3.21. The molecule has 2 aromatic rings. The summed E-state index contributed by atoms with van der Waals surface area (Å²) >= 11 is 6.10. The highest BCUT2D eigenvalue weighted by atomic mass is 35.5. The van der Waals surface area contributed by atoms with Crippen molar-refractivity contribution in [2.75, 3.05) is 6.54 Å². The quantitative estimate of drug-likeness (QED) is 0.898. The first-order chi connectivity index (χ1) is 9.83. The van der Waals surface area contributed by atoms with E-state index in [4.69, 9.17) is 11.6 Å². The van der Waals surface area contributed by atoms with Crippen LogP contribution >= 0.6 is 11.6 Å². The van der Waals surface area contributed by atoms with Gasteiger partial charge < -0.3 is 10.6 Å². The van der Waals surface area contributed by atoms with Gasteiger partial charge in [0, 0.05) is 23.7 Å². The number of benzene rings is 2. The highest BCUT2D eigenvalue weighted by Gasteiger charge is 2.27. The highest BCUT2D eigenvalue weighted by Crippen LogP contribution is 2.26. The molecule has 1 saturated heterocycles. The van der Waals surface area contributed by atoms with Crippen molar-refractivity contribution in [3.8, 4) is 0 Å². The second-order valence-electron chi connectivity index (χ2n) is 5.25. The van der Waals surface area contributed by atoms with Gasteiger partial charge in [-0.25, -0.2) is 0 Å². The fourth-order valence-electron chi connectivity index (χ4n) is 2.82. The van der Waals surface area contributed by atoms with Crippen molar-refractivity contribution in [2.45, 2.75) is 25.0 Å². The maximum Gasteiger partial charge on any atom is 0.0477 e. The van der Waals surface area contributed by atoms with Crippen LogP contribution in [0.4, 0.5) is 0 Å². The van der Waals surface area contributed by atoms with Crippen LogP contribution in [0.5, 0.6) is 0 Å². The molecule has 3 heteroatoms. The third-order valence-corrected chi connectivity index (χ3v) is 4.08. The van der Waals surface area contributed by atoms with Gasteiger partial charge in [0.25, 0.3) is 0 Å². The molecule has 0 spiro atoms. The van der Waals surface area contributed by atoms with E-state index in [1.54, 1.807) is 0 Å². The van der Waals surface area contributed by atoms with E-state index in [-0.39, 0.29) is 0 Å². The van der Waals surface area contributed by atoms with Crippen LogP contribution in [0.1, 0.15) is 23.6 Å². The number of halogens is 1. The first-order valence-electron chi connectivity index (χ1n) is 7.09. The van der Waals surface area contributed by atoms with Crippen molar-refractivity contribution in [2.24, 2.45) is 0 Å². The number of rotatable bonds is 4. The topological polar surface area (TPSA) is 24.1 Å². The number of nitrogens with one attached hydrogen (secondary N) is 2. The molecule has 2 atom stereocenters. The molecule has 104 valence electrons. The summed E-state index contributed by atoms with van der Waals surface area (Å²) in [6, 6.07) is 19.5. The first-order valence-corrected chi connectivity index (χ1v) is 7.47. The molecule has 0 aliphatic carbocycles. The summed E-state index contributed by atoms with van der Waals surface area (Å²) < 4.78 is 0. The Morgan fingerprint density at radius 3 is 2.75 bits per heavy atom. The van der Waals surface area contributed by atoms with Gasteiger partial charge in [-0.3, -0.25) is 0 Å². The predicted molar refractivity (Wildman–Crippen MR) is 83.9 cm³/mol. The van der Waals surface area contributed by atoms with E-state index in [9.17, 15) is 0 Å². The minimum Gasteiger partial charge on any atom is -0.309 e. The van der Waals surface area contributed by atoms with Crippen molar-refractivity contribution in [3.05, 3.63) is 70.7 Å². The Hall–Kier alpha value is -1.35. The number of hydrogen-bond donors (Lipinski definition) is 2. The Morgan fingerprint density at radius 1 is 1.10 bits per heavy atom. The van der Waals surface area contributed by atoms with Crippen LogP contribution in [0.2, 0.25) is 5.02 Å². The van der Waals surface area contributed by atoms with Gasteiger partial charge in [0.05, 0.1) is 0 Å². The zero-order chi connectivity index (χ0) is 13.8. The molecule has 1 heterocycles. The first kappa shape index (κ1) is 13.6. The highest BCUT2D eigenvalue weighted by molar-refractivity contribution is 6.30. The lowest BCUT2D eigenvalue weighted by atomic mass is 10.0. The van der Waals surface area contributed by atoms with Gasteiger partial charge in [-0.05, 0) is 36.2 Å². The third-order valence-electron chi connectivity index (χ3n) is 3.84. The zero-order valence-corrected chi connectivity index (χ0v) is 12.1. The maximum atomic E-state index is 6.10. The van der Waals surface area contributed by atoms with E-state index in [1.807, 2.05) is 12.1 Å². The molecule has 0 bridgehead atoms. The molecule has 2 aromatic carbocycles. The SMILES string of the molecule is Clc1cccc(C2NCCC2NCc2ccccc2)c1. The Labute approximate surface area is 125 Å².